The summed E-state index contributed by atoms with van der Waals surface area (Å²) in [6.07, 6.45) is 5.82. The van der Waals surface area contributed by atoms with E-state index in [2.05, 4.69) is 9.80 Å². The van der Waals surface area contributed by atoms with Crippen molar-refractivity contribution in [3.05, 3.63) is 0 Å². The molecule has 0 saturated carbocycles. The average molecular weight is 737 g/mol. The van der Waals surface area contributed by atoms with Gasteiger partial charge in [0.2, 0.25) is 0 Å². The highest BCUT2D eigenvalue weighted by Gasteiger charge is 2.40. The van der Waals surface area contributed by atoms with Crippen molar-refractivity contribution in [1.29, 1.82) is 0 Å². The van der Waals surface area contributed by atoms with Crippen LogP contribution in [-0.4, -0.2) is 170 Å². The summed E-state index contributed by atoms with van der Waals surface area (Å²) in [5.41, 5.74) is 0. The van der Waals surface area contributed by atoms with Crippen LogP contribution in [0.2, 0.25) is 24.2 Å². The molecule has 46 heavy (non-hydrogen) atoms. The van der Waals surface area contributed by atoms with Gasteiger partial charge in [-0.05, 0) is 77.8 Å². The highest BCUT2D eigenvalue weighted by atomic mass is 28.4. The second-order valence-electron chi connectivity index (χ2n) is 11.0. The zero-order valence-corrected chi connectivity index (χ0v) is 35.1. The van der Waals surface area contributed by atoms with Crippen LogP contribution < -0.4 is 0 Å². The number of hydrogen-bond donors (Lipinski definition) is 0. The van der Waals surface area contributed by atoms with Crippen molar-refractivity contribution >= 4 is 35.2 Å². The minimum absolute atomic E-state index is 0.762. The molecule has 0 atom stereocenters. The Bertz CT molecular complexity index is 579. The van der Waals surface area contributed by atoms with Crippen LogP contribution in [0, 0.1) is 0 Å². The molecule has 14 nitrogen and oxygen atoms in total. The normalized spacial score (nSPS) is 13.4. The molecule has 0 heterocycles. The van der Waals surface area contributed by atoms with E-state index in [0.717, 1.165) is 102 Å². The second-order valence-corrected chi connectivity index (χ2v) is 23.3. The number of hydrogen-bond acceptors (Lipinski definition) is 14. The number of nitrogens with zero attached hydrogens (tertiary/aromatic N) is 2. The molecular formula is C28H68N2O12Si4. The number of rotatable bonds is 33. The Labute approximate surface area is 284 Å². The van der Waals surface area contributed by atoms with Crippen molar-refractivity contribution in [2.45, 2.75) is 62.7 Å². The van der Waals surface area contributed by atoms with Gasteiger partial charge < -0.3 is 62.9 Å². The monoisotopic (exact) mass is 736 g/mol. The Morgan fingerprint density at radius 3 is 0.565 bits per heavy atom. The lowest BCUT2D eigenvalue weighted by Gasteiger charge is -2.29. The first-order chi connectivity index (χ1) is 22.1. The third kappa shape index (κ3) is 16.3. The molecule has 0 unspecified atom stereocenters. The summed E-state index contributed by atoms with van der Waals surface area (Å²) in [5.74, 6) is 0. The molecule has 0 aliphatic heterocycles. The average Bonchev–Trinajstić information content (AvgIpc) is 3.11. The first kappa shape index (κ1) is 46.3. The summed E-state index contributed by atoms with van der Waals surface area (Å²) >= 11 is 0. The van der Waals surface area contributed by atoms with Crippen LogP contribution in [0.15, 0.2) is 0 Å². The van der Waals surface area contributed by atoms with Crippen LogP contribution in [0.5, 0.6) is 0 Å². The van der Waals surface area contributed by atoms with Gasteiger partial charge in [-0.1, -0.05) is 0 Å². The first-order valence-corrected chi connectivity index (χ1v) is 23.9. The maximum absolute atomic E-state index is 5.65. The SMILES string of the molecule is CO[Si](CCCN(CCCCN(CCC[Si](OC)(OC)OC)CCC[Si](OC)(OC)OC)CCC[Si](OC)(OC)OC)(OC)OC. The first-order valence-electron chi connectivity index (χ1n) is 16.2. The number of unbranched alkanes of at least 4 members (excludes halogenated alkanes) is 1. The van der Waals surface area contributed by atoms with E-state index < -0.39 is 35.2 Å². The lowest BCUT2D eigenvalue weighted by atomic mass is 10.2. The van der Waals surface area contributed by atoms with E-state index in [1.807, 2.05) is 0 Å². The van der Waals surface area contributed by atoms with Gasteiger partial charge in [0.15, 0.2) is 0 Å². The van der Waals surface area contributed by atoms with Gasteiger partial charge in [-0.3, -0.25) is 0 Å². The van der Waals surface area contributed by atoms with E-state index in [4.69, 9.17) is 53.1 Å². The molecule has 0 aliphatic rings. The van der Waals surface area contributed by atoms with Crippen molar-refractivity contribution in [2.75, 3.05) is 125 Å². The van der Waals surface area contributed by atoms with Crippen molar-refractivity contribution in [1.82, 2.24) is 9.80 Å². The molecule has 0 aromatic rings. The Morgan fingerprint density at radius 1 is 0.261 bits per heavy atom. The molecule has 18 heteroatoms. The van der Waals surface area contributed by atoms with E-state index in [-0.39, 0.29) is 0 Å². The lowest BCUT2D eigenvalue weighted by molar-refractivity contribution is 0.117. The van der Waals surface area contributed by atoms with Crippen LogP contribution in [0.1, 0.15) is 38.5 Å². The standard InChI is InChI=1S/C28H68N2O12Si4/c1-31-43(32-2,33-3)25-15-21-29(22-16-26-44(34-4,35-5)36-6)19-13-14-20-30(23-17-27-45(37-7,38-8)39-9)24-18-28-46(40-10,41-11)42-12/h13-28H2,1-12H3. The Hall–Kier alpha value is 0.308. The Balaban J connectivity index is 5.35. The molecule has 0 bridgehead atoms. The van der Waals surface area contributed by atoms with E-state index in [0.29, 0.717) is 0 Å². The van der Waals surface area contributed by atoms with Crippen LogP contribution in [0.25, 0.3) is 0 Å². The van der Waals surface area contributed by atoms with Crippen molar-refractivity contribution in [3.8, 4) is 0 Å². The molecule has 0 spiro atoms. The van der Waals surface area contributed by atoms with Gasteiger partial charge in [-0.2, -0.15) is 0 Å². The molecule has 0 N–H and O–H groups in total. The third-order valence-corrected chi connectivity index (χ3v) is 20.1. The molecule has 278 valence electrons. The van der Waals surface area contributed by atoms with Crippen molar-refractivity contribution in [2.24, 2.45) is 0 Å². The largest absolute Gasteiger partial charge is 0.500 e. The third-order valence-electron chi connectivity index (χ3n) is 8.76. The van der Waals surface area contributed by atoms with Gasteiger partial charge in [-0.25, -0.2) is 0 Å². The fourth-order valence-corrected chi connectivity index (χ4v) is 12.5. The van der Waals surface area contributed by atoms with Crippen LogP contribution in [0.3, 0.4) is 0 Å². The minimum Gasteiger partial charge on any atom is -0.377 e. The molecule has 0 amide bonds. The Morgan fingerprint density at radius 2 is 0.413 bits per heavy atom. The molecule has 0 aromatic carbocycles. The summed E-state index contributed by atoms with van der Waals surface area (Å²) in [7, 11) is 9.49. The maximum atomic E-state index is 5.65. The lowest BCUT2D eigenvalue weighted by Crippen LogP contribution is -2.44. The zero-order chi connectivity index (χ0) is 35.0. The quantitative estimate of drug-likeness (QED) is 0.0724. The summed E-state index contributed by atoms with van der Waals surface area (Å²) in [5, 5.41) is 0. The Kier molecular flexibility index (Phi) is 26.3. The van der Waals surface area contributed by atoms with Crippen LogP contribution in [0.4, 0.5) is 0 Å². The van der Waals surface area contributed by atoms with Crippen molar-refractivity contribution in [3.63, 3.8) is 0 Å². The summed E-state index contributed by atoms with van der Waals surface area (Å²) < 4.78 is 67.8. The van der Waals surface area contributed by atoms with Gasteiger partial charge in [-0.15, -0.1) is 0 Å². The molecule has 0 fully saturated rings. The molecule has 0 rings (SSSR count). The van der Waals surface area contributed by atoms with Crippen LogP contribution >= 0.6 is 0 Å². The fourth-order valence-electron chi connectivity index (χ4n) is 5.64. The van der Waals surface area contributed by atoms with Crippen molar-refractivity contribution < 1.29 is 53.1 Å². The van der Waals surface area contributed by atoms with Gasteiger partial charge in [0.25, 0.3) is 0 Å². The van der Waals surface area contributed by atoms with E-state index in [1.54, 1.807) is 85.3 Å². The van der Waals surface area contributed by atoms with Gasteiger partial charge >= 0.3 is 35.2 Å². The van der Waals surface area contributed by atoms with E-state index in [1.165, 1.54) is 0 Å². The molecule has 0 radical (unpaired) electrons. The highest BCUT2D eigenvalue weighted by Crippen LogP contribution is 2.20. The van der Waals surface area contributed by atoms with Crippen LogP contribution in [-0.2, 0) is 53.1 Å². The second kappa shape index (κ2) is 26.2. The predicted molar refractivity (Wildman–Crippen MR) is 187 cm³/mol. The summed E-state index contributed by atoms with van der Waals surface area (Å²) in [6, 6.07) is 3.05. The van der Waals surface area contributed by atoms with Gasteiger partial charge in [0.05, 0.1) is 0 Å². The smallest absolute Gasteiger partial charge is 0.377 e. The fraction of sp³-hybridized carbons (Fsp3) is 1.00. The van der Waals surface area contributed by atoms with E-state index >= 15 is 0 Å². The highest BCUT2D eigenvalue weighted by molar-refractivity contribution is 6.61. The van der Waals surface area contributed by atoms with E-state index in [9.17, 15) is 0 Å². The zero-order valence-electron chi connectivity index (χ0n) is 31.1. The molecular weight excluding hydrogens is 669 g/mol. The molecule has 0 saturated heterocycles. The topological polar surface area (TPSA) is 117 Å². The van der Waals surface area contributed by atoms with Gasteiger partial charge in [0, 0.05) is 109 Å². The molecule has 0 aromatic heterocycles. The summed E-state index contributed by atoms with van der Waals surface area (Å²) in [6.45, 7) is 5.65. The maximum Gasteiger partial charge on any atom is 0.500 e. The summed E-state index contributed by atoms with van der Waals surface area (Å²) in [4.78, 5) is 5.02. The minimum atomic E-state index is -2.62. The predicted octanol–water partition coefficient (Wildman–Crippen LogP) is 3.44. The molecule has 0 aliphatic carbocycles. The van der Waals surface area contributed by atoms with Gasteiger partial charge in [0.1, 0.15) is 0 Å².